The normalized spacial score (nSPS) is 21.2. The van der Waals surface area contributed by atoms with Gasteiger partial charge in [0.05, 0.1) is 6.10 Å². The minimum atomic E-state index is -0.366. The molecule has 1 aromatic carbocycles. The van der Waals surface area contributed by atoms with Crippen LogP contribution in [0, 0.1) is 6.92 Å². The zero-order valence-electron chi connectivity index (χ0n) is 12.5. The van der Waals surface area contributed by atoms with Crippen LogP contribution in [0.3, 0.4) is 0 Å². The van der Waals surface area contributed by atoms with Crippen LogP contribution in [0.5, 0.6) is 0 Å². The summed E-state index contributed by atoms with van der Waals surface area (Å²) in [7, 11) is 0. The van der Waals surface area contributed by atoms with E-state index in [2.05, 4.69) is 24.0 Å². The van der Waals surface area contributed by atoms with Crippen molar-refractivity contribution >= 4 is 0 Å². The molecular formula is C17H27NO2. The third kappa shape index (κ3) is 4.30. The van der Waals surface area contributed by atoms with Gasteiger partial charge in [0, 0.05) is 19.2 Å². The maximum absolute atomic E-state index is 10.3. The molecule has 0 spiro atoms. The largest absolute Gasteiger partial charge is 0.396 e. The molecule has 2 N–H and O–H groups in total. The number of likely N-dealkylation sites (tertiary alicyclic amines) is 1. The molecule has 0 radical (unpaired) electrons. The van der Waals surface area contributed by atoms with Gasteiger partial charge in [-0.2, -0.15) is 0 Å². The molecule has 1 fully saturated rings. The zero-order valence-corrected chi connectivity index (χ0v) is 12.5. The summed E-state index contributed by atoms with van der Waals surface area (Å²) in [6.07, 6.45) is 4.88. The number of rotatable bonds is 7. The fourth-order valence-corrected chi connectivity index (χ4v) is 3.09. The summed E-state index contributed by atoms with van der Waals surface area (Å²) in [5.74, 6) is 0. The maximum atomic E-state index is 10.3. The lowest BCUT2D eigenvalue weighted by Crippen LogP contribution is -2.31. The second-order valence-electron chi connectivity index (χ2n) is 5.91. The first kappa shape index (κ1) is 15.5. The predicted molar refractivity (Wildman–Crippen MR) is 81.7 cm³/mol. The number of hydrogen-bond acceptors (Lipinski definition) is 3. The van der Waals surface area contributed by atoms with Crippen LogP contribution in [0.15, 0.2) is 24.3 Å². The first-order valence-electron chi connectivity index (χ1n) is 7.80. The molecule has 2 rings (SSSR count). The summed E-state index contributed by atoms with van der Waals surface area (Å²) < 4.78 is 0. The number of aryl methyl sites for hydroxylation is 1. The molecule has 3 nitrogen and oxygen atoms in total. The van der Waals surface area contributed by atoms with Crippen molar-refractivity contribution in [3.63, 3.8) is 0 Å². The molecule has 1 aliphatic heterocycles. The van der Waals surface area contributed by atoms with Crippen molar-refractivity contribution in [2.75, 3.05) is 19.7 Å². The van der Waals surface area contributed by atoms with Gasteiger partial charge < -0.3 is 15.1 Å². The molecule has 2 unspecified atom stereocenters. The van der Waals surface area contributed by atoms with Crippen LogP contribution in [-0.2, 0) is 0 Å². The van der Waals surface area contributed by atoms with Crippen molar-refractivity contribution in [2.24, 2.45) is 0 Å². The van der Waals surface area contributed by atoms with Crippen molar-refractivity contribution in [3.05, 3.63) is 35.4 Å². The van der Waals surface area contributed by atoms with E-state index in [1.165, 1.54) is 18.4 Å². The van der Waals surface area contributed by atoms with Crippen LogP contribution in [-0.4, -0.2) is 40.9 Å². The van der Waals surface area contributed by atoms with Crippen LogP contribution in [0.1, 0.15) is 49.3 Å². The van der Waals surface area contributed by atoms with Crippen molar-refractivity contribution in [2.45, 2.75) is 51.2 Å². The Morgan fingerprint density at radius 2 is 2.05 bits per heavy atom. The lowest BCUT2D eigenvalue weighted by atomic mass is 10.0. The quantitative estimate of drug-likeness (QED) is 0.805. The number of hydrogen-bond donors (Lipinski definition) is 2. The van der Waals surface area contributed by atoms with Gasteiger partial charge in [0.1, 0.15) is 0 Å². The lowest BCUT2D eigenvalue weighted by molar-refractivity contribution is 0.133. The topological polar surface area (TPSA) is 43.7 Å². The van der Waals surface area contributed by atoms with Gasteiger partial charge >= 0.3 is 0 Å². The van der Waals surface area contributed by atoms with Crippen molar-refractivity contribution in [1.82, 2.24) is 4.90 Å². The van der Waals surface area contributed by atoms with Gasteiger partial charge in [0.15, 0.2) is 0 Å². The van der Waals surface area contributed by atoms with Crippen LogP contribution < -0.4 is 0 Å². The van der Waals surface area contributed by atoms with Gasteiger partial charge in [-0.05, 0) is 51.1 Å². The number of nitrogens with zero attached hydrogens (tertiary/aromatic N) is 1. The molecule has 0 aromatic heterocycles. The predicted octanol–water partition coefficient (Wildman–Crippen LogP) is 2.66. The highest BCUT2D eigenvalue weighted by Crippen LogP contribution is 2.24. The van der Waals surface area contributed by atoms with Gasteiger partial charge in [-0.3, -0.25) is 0 Å². The van der Waals surface area contributed by atoms with Gasteiger partial charge in [-0.25, -0.2) is 0 Å². The standard InChI is InChI=1S/C17H27NO2/c1-14-6-8-15(9-7-14)17(20)10-12-18-11-2-4-16(18)5-3-13-19/h6-9,16-17,19-20H,2-5,10-13H2,1H3. The third-order valence-corrected chi connectivity index (χ3v) is 4.35. The Bertz CT molecular complexity index is 390. The van der Waals surface area contributed by atoms with E-state index in [-0.39, 0.29) is 12.7 Å². The molecular weight excluding hydrogens is 250 g/mol. The van der Waals surface area contributed by atoms with E-state index < -0.39 is 0 Å². The fraction of sp³-hybridized carbons (Fsp3) is 0.647. The number of aliphatic hydroxyl groups excluding tert-OH is 2. The summed E-state index contributed by atoms with van der Waals surface area (Å²) in [6.45, 7) is 4.43. The molecule has 112 valence electrons. The minimum Gasteiger partial charge on any atom is -0.396 e. The first-order valence-corrected chi connectivity index (χ1v) is 7.80. The van der Waals surface area contributed by atoms with E-state index in [4.69, 9.17) is 5.11 Å². The summed E-state index contributed by atoms with van der Waals surface area (Å²) in [5.41, 5.74) is 2.24. The van der Waals surface area contributed by atoms with Crippen LogP contribution in [0.2, 0.25) is 0 Å². The SMILES string of the molecule is Cc1ccc(C(O)CCN2CCCC2CCCO)cc1. The van der Waals surface area contributed by atoms with Gasteiger partial charge in [-0.1, -0.05) is 29.8 Å². The Kier molecular flexibility index (Phi) is 6.02. The summed E-state index contributed by atoms with van der Waals surface area (Å²) in [5, 5.41) is 19.2. The van der Waals surface area contributed by atoms with E-state index in [0.717, 1.165) is 37.9 Å². The Morgan fingerprint density at radius 3 is 2.75 bits per heavy atom. The summed E-state index contributed by atoms with van der Waals surface area (Å²) in [6, 6.07) is 8.75. The molecule has 0 saturated carbocycles. The maximum Gasteiger partial charge on any atom is 0.0802 e. The van der Waals surface area contributed by atoms with E-state index in [9.17, 15) is 5.11 Å². The molecule has 20 heavy (non-hydrogen) atoms. The van der Waals surface area contributed by atoms with Crippen LogP contribution in [0.4, 0.5) is 0 Å². The van der Waals surface area contributed by atoms with Crippen molar-refractivity contribution < 1.29 is 10.2 Å². The van der Waals surface area contributed by atoms with E-state index in [0.29, 0.717) is 6.04 Å². The highest BCUT2D eigenvalue weighted by Gasteiger charge is 2.24. The van der Waals surface area contributed by atoms with Crippen molar-refractivity contribution in [3.8, 4) is 0 Å². The molecule has 2 atom stereocenters. The number of benzene rings is 1. The average molecular weight is 277 g/mol. The fourth-order valence-electron chi connectivity index (χ4n) is 3.09. The highest BCUT2D eigenvalue weighted by atomic mass is 16.3. The third-order valence-electron chi connectivity index (χ3n) is 4.35. The van der Waals surface area contributed by atoms with Crippen molar-refractivity contribution in [1.29, 1.82) is 0 Å². The van der Waals surface area contributed by atoms with E-state index in [1.54, 1.807) is 0 Å². The molecule has 1 aliphatic rings. The molecule has 0 aliphatic carbocycles. The first-order chi connectivity index (χ1) is 9.70. The Hall–Kier alpha value is -0.900. The second-order valence-corrected chi connectivity index (χ2v) is 5.91. The Balaban J connectivity index is 1.80. The average Bonchev–Trinajstić information content (AvgIpc) is 2.90. The lowest BCUT2D eigenvalue weighted by Gasteiger charge is -2.25. The zero-order chi connectivity index (χ0) is 14.4. The molecule has 0 bridgehead atoms. The van der Waals surface area contributed by atoms with Gasteiger partial charge in [0.2, 0.25) is 0 Å². The Labute approximate surface area is 122 Å². The highest BCUT2D eigenvalue weighted by molar-refractivity contribution is 5.23. The van der Waals surface area contributed by atoms with Crippen LogP contribution >= 0.6 is 0 Å². The van der Waals surface area contributed by atoms with E-state index in [1.807, 2.05) is 12.1 Å². The molecule has 3 heteroatoms. The van der Waals surface area contributed by atoms with Gasteiger partial charge in [-0.15, -0.1) is 0 Å². The summed E-state index contributed by atoms with van der Waals surface area (Å²) in [4.78, 5) is 2.48. The molecule has 1 aromatic rings. The second kappa shape index (κ2) is 7.77. The molecule has 1 saturated heterocycles. The number of aliphatic hydroxyl groups is 2. The Morgan fingerprint density at radius 1 is 1.30 bits per heavy atom. The molecule has 1 heterocycles. The summed E-state index contributed by atoms with van der Waals surface area (Å²) >= 11 is 0. The minimum absolute atomic E-state index is 0.288. The van der Waals surface area contributed by atoms with Crippen LogP contribution in [0.25, 0.3) is 0 Å². The smallest absolute Gasteiger partial charge is 0.0802 e. The monoisotopic (exact) mass is 277 g/mol. The van der Waals surface area contributed by atoms with Gasteiger partial charge in [0.25, 0.3) is 0 Å². The van der Waals surface area contributed by atoms with E-state index >= 15 is 0 Å². The molecule has 0 amide bonds.